The number of amides is 1. The average Bonchev–Trinajstić information content (AvgIpc) is 3.89. The average molecular weight is 662 g/mol. The summed E-state index contributed by atoms with van der Waals surface area (Å²) in [5, 5.41) is 12.3. The minimum absolute atomic E-state index is 0.00317. The second kappa shape index (κ2) is 10.4. The van der Waals surface area contributed by atoms with Gasteiger partial charge in [-0.05, 0) is 115 Å². The number of sulfone groups is 1. The maximum Gasteiger partial charge on any atom is 0.223 e. The molecule has 8 nitrogen and oxygen atoms in total. The minimum Gasteiger partial charge on any atom is -0.390 e. The first-order valence-corrected chi connectivity index (χ1v) is 20.7. The van der Waals surface area contributed by atoms with E-state index in [0.29, 0.717) is 55.2 Å². The maximum atomic E-state index is 12.9. The molecule has 13 atom stereocenters. The van der Waals surface area contributed by atoms with Gasteiger partial charge in [-0.15, -0.1) is 0 Å². The van der Waals surface area contributed by atoms with Crippen molar-refractivity contribution in [2.45, 2.75) is 136 Å². The Balaban J connectivity index is 1.01. The van der Waals surface area contributed by atoms with Crippen molar-refractivity contribution in [3.05, 3.63) is 0 Å². The van der Waals surface area contributed by atoms with Gasteiger partial charge in [0.05, 0.1) is 43.3 Å². The van der Waals surface area contributed by atoms with Crippen LogP contribution in [0.15, 0.2) is 0 Å². The quantitative estimate of drug-likeness (QED) is 0.417. The number of aliphatic hydroxyl groups excluding tert-OH is 1. The number of aliphatic hydroxyl groups is 1. The fourth-order valence-corrected chi connectivity index (χ4v) is 14.8. The van der Waals surface area contributed by atoms with Gasteiger partial charge >= 0.3 is 0 Å². The minimum atomic E-state index is -3.16. The number of hydrogen-bond acceptors (Lipinski definition) is 7. The zero-order valence-electron chi connectivity index (χ0n) is 29.1. The highest BCUT2D eigenvalue weighted by Crippen LogP contribution is 2.89. The monoisotopic (exact) mass is 661 g/mol. The predicted molar refractivity (Wildman–Crippen MR) is 174 cm³/mol. The zero-order chi connectivity index (χ0) is 32.7. The Morgan fingerprint density at radius 3 is 2.43 bits per heavy atom. The fourth-order valence-electron chi connectivity index (χ4n) is 13.9. The SMILES string of the molecule is C[C@@H]1C[C@H](CS(C)(=O)=O)O[C@H]2[C@H]1[C@@]1(C)CC[C@@]34CC35CCC(O[C@H]3CN(C(=O)CC6CC6)CCO3)C(C)(C)[C@@H]5CC[C@H]4[C@]1(C)[C@H]2O. The number of nitrogens with zero attached hydrogens (tertiary/aromatic N) is 1. The topological polar surface area (TPSA) is 102 Å². The highest BCUT2D eigenvalue weighted by atomic mass is 32.2. The van der Waals surface area contributed by atoms with Gasteiger partial charge in [-0.25, -0.2) is 8.42 Å². The summed E-state index contributed by atoms with van der Waals surface area (Å²) < 4.78 is 44.0. The van der Waals surface area contributed by atoms with Gasteiger partial charge in [0.15, 0.2) is 6.29 Å². The molecule has 0 bridgehead atoms. The summed E-state index contributed by atoms with van der Waals surface area (Å²) in [4.78, 5) is 14.8. The molecule has 6 aliphatic carbocycles. The van der Waals surface area contributed by atoms with E-state index in [1.807, 2.05) is 4.90 Å². The van der Waals surface area contributed by atoms with Crippen LogP contribution in [0.2, 0.25) is 0 Å². The van der Waals surface area contributed by atoms with Crippen LogP contribution in [0.1, 0.15) is 105 Å². The third-order valence-electron chi connectivity index (χ3n) is 16.2. The van der Waals surface area contributed by atoms with Gasteiger partial charge in [0, 0.05) is 24.6 Å². The van der Waals surface area contributed by atoms with E-state index in [1.54, 1.807) is 0 Å². The van der Waals surface area contributed by atoms with Crippen molar-refractivity contribution < 1.29 is 32.5 Å². The molecular weight excluding hydrogens is 602 g/mol. The molecule has 0 aromatic heterocycles. The first-order valence-electron chi connectivity index (χ1n) is 18.6. The lowest BCUT2D eigenvalue weighted by atomic mass is 9.41. The number of carbonyl (C=O) groups is 1. The number of hydrogen-bond donors (Lipinski definition) is 1. The van der Waals surface area contributed by atoms with Crippen LogP contribution in [0.3, 0.4) is 0 Å². The molecule has 8 rings (SSSR count). The molecule has 2 aliphatic heterocycles. The summed E-state index contributed by atoms with van der Waals surface area (Å²) in [7, 11) is -3.16. The second-order valence-electron chi connectivity index (χ2n) is 18.6. The first kappa shape index (κ1) is 32.5. The highest BCUT2D eigenvalue weighted by Gasteiger charge is 2.84. The molecule has 0 aromatic carbocycles. The van der Waals surface area contributed by atoms with Crippen LogP contribution in [0.4, 0.5) is 0 Å². The van der Waals surface area contributed by atoms with Crippen LogP contribution in [-0.4, -0.2) is 86.7 Å². The molecule has 260 valence electrons. The fraction of sp³-hybridized carbons (Fsp3) is 0.973. The summed E-state index contributed by atoms with van der Waals surface area (Å²) in [6, 6.07) is 0. The Bertz CT molecular complexity index is 1360. The van der Waals surface area contributed by atoms with Crippen molar-refractivity contribution in [2.75, 3.05) is 31.7 Å². The summed E-state index contributed by atoms with van der Waals surface area (Å²) in [5.74, 6) is 2.47. The van der Waals surface area contributed by atoms with Crippen molar-refractivity contribution in [1.82, 2.24) is 4.90 Å². The third kappa shape index (κ3) is 4.48. The molecule has 0 radical (unpaired) electrons. The van der Waals surface area contributed by atoms with Crippen LogP contribution >= 0.6 is 0 Å². The van der Waals surface area contributed by atoms with E-state index < -0.39 is 15.9 Å². The molecule has 0 aromatic rings. The number of fused-ring (bicyclic) bond motifs is 4. The molecule has 46 heavy (non-hydrogen) atoms. The predicted octanol–water partition coefficient (Wildman–Crippen LogP) is 5.21. The van der Waals surface area contributed by atoms with Crippen LogP contribution in [0.25, 0.3) is 0 Å². The highest BCUT2D eigenvalue weighted by molar-refractivity contribution is 7.90. The van der Waals surface area contributed by atoms with Crippen molar-refractivity contribution in [3.8, 4) is 0 Å². The van der Waals surface area contributed by atoms with Crippen LogP contribution in [0.5, 0.6) is 0 Å². The van der Waals surface area contributed by atoms with Crippen molar-refractivity contribution in [2.24, 2.45) is 56.7 Å². The Morgan fingerprint density at radius 2 is 1.72 bits per heavy atom. The summed E-state index contributed by atoms with van der Waals surface area (Å²) in [6.45, 7) is 13.7. The van der Waals surface area contributed by atoms with E-state index in [1.165, 1.54) is 38.4 Å². The molecular formula is C37H59NO7S. The number of morpholine rings is 1. The van der Waals surface area contributed by atoms with E-state index in [-0.39, 0.29) is 63.8 Å². The molecule has 2 unspecified atom stereocenters. The Kier molecular flexibility index (Phi) is 7.34. The van der Waals surface area contributed by atoms with Crippen LogP contribution < -0.4 is 0 Å². The molecule has 1 N–H and O–H groups in total. The summed E-state index contributed by atoms with van der Waals surface area (Å²) in [6.07, 6.45) is 11.7. The maximum absolute atomic E-state index is 12.9. The third-order valence-corrected chi connectivity index (χ3v) is 17.1. The zero-order valence-corrected chi connectivity index (χ0v) is 29.9. The lowest BCUT2D eigenvalue weighted by molar-refractivity contribution is -0.248. The Morgan fingerprint density at radius 1 is 1.00 bits per heavy atom. The van der Waals surface area contributed by atoms with Gasteiger partial charge in [-0.2, -0.15) is 0 Å². The molecule has 1 amide bonds. The van der Waals surface area contributed by atoms with Crippen LogP contribution in [0, 0.1) is 56.7 Å². The van der Waals surface area contributed by atoms with Gasteiger partial charge in [-0.1, -0.05) is 34.6 Å². The first-order chi connectivity index (χ1) is 21.6. The van der Waals surface area contributed by atoms with E-state index >= 15 is 0 Å². The Labute approximate surface area is 277 Å². The number of rotatable bonds is 6. The van der Waals surface area contributed by atoms with Gasteiger partial charge in [0.2, 0.25) is 5.91 Å². The van der Waals surface area contributed by atoms with Gasteiger partial charge < -0.3 is 24.2 Å². The van der Waals surface area contributed by atoms with Crippen LogP contribution in [-0.2, 0) is 28.8 Å². The number of carbonyl (C=O) groups excluding carboxylic acids is 1. The summed E-state index contributed by atoms with van der Waals surface area (Å²) in [5.41, 5.74) is 0.256. The smallest absolute Gasteiger partial charge is 0.223 e. The largest absolute Gasteiger partial charge is 0.390 e. The van der Waals surface area contributed by atoms with E-state index in [9.17, 15) is 18.3 Å². The Hall–Kier alpha value is -0.740. The van der Waals surface area contributed by atoms with Gasteiger partial charge in [0.1, 0.15) is 9.84 Å². The van der Waals surface area contributed by atoms with Crippen molar-refractivity contribution in [3.63, 3.8) is 0 Å². The number of ether oxygens (including phenoxy) is 3. The molecule has 6 saturated carbocycles. The van der Waals surface area contributed by atoms with E-state index in [2.05, 4.69) is 34.6 Å². The molecule has 2 heterocycles. The van der Waals surface area contributed by atoms with Gasteiger partial charge in [0.25, 0.3) is 0 Å². The lowest BCUT2D eigenvalue weighted by Gasteiger charge is -2.64. The van der Waals surface area contributed by atoms with E-state index in [4.69, 9.17) is 14.2 Å². The van der Waals surface area contributed by atoms with Gasteiger partial charge in [-0.3, -0.25) is 4.79 Å². The molecule has 8 aliphatic rings. The van der Waals surface area contributed by atoms with E-state index in [0.717, 1.165) is 32.1 Å². The second-order valence-corrected chi connectivity index (χ2v) is 20.8. The lowest BCUT2D eigenvalue weighted by Crippen LogP contribution is -2.60. The summed E-state index contributed by atoms with van der Waals surface area (Å²) >= 11 is 0. The normalized spacial score (nSPS) is 52.5. The molecule has 9 heteroatoms. The van der Waals surface area contributed by atoms with Crippen molar-refractivity contribution >= 4 is 15.7 Å². The standard InChI is InChI=1S/C37H59NO7S/c1-22-17-24(20-46(6,41)42)44-31-30(22)34(4)13-14-37-21-36(37)12-11-27(33(2,3)25(36)9-10-26(37)35(34,5)32(31)40)45-29-19-38(15-16-43-29)28(39)18-23-7-8-23/h22-27,29-32,40H,7-21H2,1-6H3/t22-,24-,25+,26+,27?,29+,30+,31+,32+,34-,35-,36?,37+/m1/s1. The molecule has 2 spiro atoms. The molecule has 2 saturated heterocycles. The molecule has 8 fully saturated rings. The van der Waals surface area contributed by atoms with Crippen molar-refractivity contribution in [1.29, 1.82) is 0 Å².